The number of hydrogen-bond donors (Lipinski definition) is 7. The first-order valence-corrected chi connectivity index (χ1v) is 37.5. The van der Waals surface area contributed by atoms with E-state index in [-0.39, 0.29) is 101 Å². The van der Waals surface area contributed by atoms with E-state index in [4.69, 9.17) is 69.8 Å². The molecule has 0 amide bonds. The number of aromatic nitrogens is 8. The van der Waals surface area contributed by atoms with Gasteiger partial charge in [-0.05, 0) is 59.7 Å². The number of esters is 2. The third kappa shape index (κ3) is 21.1. The van der Waals surface area contributed by atoms with E-state index < -0.39 is 106 Å². The molecule has 4 aromatic heterocycles. The number of fused-ring (bicyclic) bond motifs is 4. The summed E-state index contributed by atoms with van der Waals surface area (Å²) in [5, 5.41) is 39.5. The van der Waals surface area contributed by atoms with Crippen LogP contribution in [0.1, 0.15) is 84.9 Å². The van der Waals surface area contributed by atoms with Gasteiger partial charge < -0.3 is 83.6 Å². The number of aliphatic hydroxyl groups is 3. The van der Waals surface area contributed by atoms with Crippen molar-refractivity contribution in [3.63, 3.8) is 0 Å². The minimum Gasteiger partial charge on any atom is -1.00 e. The van der Waals surface area contributed by atoms with Gasteiger partial charge >= 0.3 is 49.6 Å². The van der Waals surface area contributed by atoms with Crippen molar-refractivity contribution in [1.82, 2.24) is 49.2 Å². The van der Waals surface area contributed by atoms with Crippen molar-refractivity contribution in [2.24, 2.45) is 11.8 Å². The van der Waals surface area contributed by atoms with Crippen LogP contribution in [0.25, 0.3) is 43.9 Å². The zero-order valence-electron chi connectivity index (χ0n) is 60.2. The Kier molecular flexibility index (Phi) is 31.0. The van der Waals surface area contributed by atoms with E-state index in [2.05, 4.69) is 53.9 Å². The van der Waals surface area contributed by atoms with Gasteiger partial charge in [0.1, 0.15) is 60.2 Å². The Labute approximate surface area is 644 Å². The standard InChI is InChI=1S/C34H38FN6O8P.C22H23ClNO4P.C12H16FN5O4.C4H9.ClH.Mg/c1-20(2)26(31(42)46-17-21-11-6-5-7-12-21)40-50(44,49-24-16-10-14-22-13-8-9-15-23(22)24)47-18-25-28(35)34(3,43)32(48-25)41-19-37-27-29(41)38-33(36)39-30(27)45-4;1-16(2)21(22(25)27-15-17-9-4-3-5-10-17)24-29(23,26)28-20-14-8-12-18-11-6-7-13-19(18)20;1-12(20)7(13)5(3-19)22-10(12)18-4-15-6-8(18)16-11(14)17-9(6)21-2;1-3-4-2;;/h5-16,19-20,25-26,28,32,43H,17-18H2,1-4H3,(H,40,44)(H2,36,38,39);3-14,16,21H,15H2,1-2H3,(H,24,26);4-5,7,10,19-20H,3H2,1-2H3,(H2,14,16,17);1,3-4H2,2H3;1H;/q;;;-1;;+2/p-1/t25-,26+,28-,32-,34-,50?;21-,29?;5-,7-,10-,12-;;;/m101.../s1. The van der Waals surface area contributed by atoms with Crippen LogP contribution < -0.4 is 52.6 Å². The molecule has 2 aliphatic rings. The second kappa shape index (κ2) is 38.4. The summed E-state index contributed by atoms with van der Waals surface area (Å²) in [5.41, 5.74) is 9.98. The maximum Gasteiger partial charge on any atom is 2.00 e. The smallest absolute Gasteiger partial charge is 1.00 e. The number of rotatable bonds is 25. The van der Waals surface area contributed by atoms with E-state index in [9.17, 15) is 33.3 Å². The molecule has 6 aromatic carbocycles. The van der Waals surface area contributed by atoms with Gasteiger partial charge in [0.15, 0.2) is 47.1 Å². The molecule has 28 nitrogen and oxygen atoms in total. The van der Waals surface area contributed by atoms with E-state index in [0.29, 0.717) is 16.7 Å². The van der Waals surface area contributed by atoms with E-state index in [1.54, 1.807) is 50.2 Å². The van der Waals surface area contributed by atoms with Gasteiger partial charge in [0.05, 0.1) is 40.1 Å². The molecule has 107 heavy (non-hydrogen) atoms. The SMILES string of the molecule is CC(C)[C@H](NP(=O)(Cl)Oc1cccc2ccccc12)C(=O)OCc1ccccc1.COc1nc(N)nc2c1ncn2[C@@H]1O[C@H](CO)[C@@H](F)[C@@]1(C)O.COc1nc(N)nc2c1ncn2[C@@H]1O[C@H](COP(=O)(N[C@H](C(=O)OCc2ccccc2)C(C)C)Oc2cccc3ccccc23)[C@@H](F)[C@@]1(C)O.[CH2-]CCC.[Cl-].[Mg+2]. The van der Waals surface area contributed by atoms with Crippen LogP contribution in [0, 0.1) is 18.8 Å². The van der Waals surface area contributed by atoms with Gasteiger partial charge in [-0.25, -0.2) is 33.0 Å². The number of hydrogen-bond acceptors (Lipinski definition) is 24. The summed E-state index contributed by atoms with van der Waals surface area (Å²) < 4.78 is 111. The Morgan fingerprint density at radius 2 is 1.03 bits per heavy atom. The molecule has 0 radical (unpaired) electrons. The Hall–Kier alpha value is -7.97. The summed E-state index contributed by atoms with van der Waals surface area (Å²) in [5.74, 6) is -1.24. The number of nitrogens with zero attached hydrogens (tertiary/aromatic N) is 8. The zero-order chi connectivity index (χ0) is 76.0. The Morgan fingerprint density at radius 1 is 0.636 bits per heavy atom. The number of anilines is 2. The Balaban J connectivity index is 0.000000236. The molecule has 0 bridgehead atoms. The zero-order valence-corrected chi connectivity index (χ0v) is 64.9. The maximum absolute atomic E-state index is 16.0. The predicted octanol–water partition coefficient (Wildman–Crippen LogP) is 8.68. The third-order valence-corrected chi connectivity index (χ3v) is 19.9. The number of aliphatic hydroxyl groups excluding tert-OH is 1. The third-order valence-electron chi connectivity index (χ3n) is 16.8. The maximum atomic E-state index is 16.0. The average Bonchev–Trinajstić information content (AvgIpc) is 1.60. The Bertz CT molecular complexity index is 4670. The molecule has 9 N–H and O–H groups in total. The van der Waals surface area contributed by atoms with Crippen LogP contribution in [0.3, 0.4) is 0 Å². The first-order chi connectivity index (χ1) is 50.1. The van der Waals surface area contributed by atoms with Gasteiger partial charge in [-0.15, -0.1) is 0 Å². The van der Waals surface area contributed by atoms with Crippen molar-refractivity contribution in [2.75, 3.05) is 38.9 Å². The molecule has 12 rings (SSSR count). The second-order valence-electron chi connectivity index (χ2n) is 25.5. The number of nitrogen functional groups attached to an aromatic ring is 2. The number of carbonyl (C=O) groups excluding carboxylic acids is 2. The minimum atomic E-state index is -4.51. The van der Waals surface area contributed by atoms with Crippen LogP contribution in [0.4, 0.5) is 20.7 Å². The van der Waals surface area contributed by atoms with Crippen molar-refractivity contribution in [1.29, 1.82) is 0 Å². The molecule has 12 atom stereocenters. The van der Waals surface area contributed by atoms with Crippen molar-refractivity contribution < 1.29 is 97.2 Å². The molecule has 35 heteroatoms. The molecule has 2 unspecified atom stereocenters. The van der Waals surface area contributed by atoms with Crippen molar-refractivity contribution >= 4 is 117 Å². The van der Waals surface area contributed by atoms with Crippen LogP contribution in [0.5, 0.6) is 23.3 Å². The molecule has 2 fully saturated rings. The summed E-state index contributed by atoms with van der Waals surface area (Å²) in [6.45, 7) is 10.4. The number of nitrogens with one attached hydrogen (secondary N) is 2. The molecular weight excluding hydrogens is 1480 g/mol. The normalized spacial score (nSPS) is 21.2. The first-order valence-electron chi connectivity index (χ1n) is 33.4. The number of unbranched alkanes of at least 4 members (excludes halogenated alkanes) is 1. The quantitative estimate of drug-likeness (QED) is 0.0122. The number of methoxy groups -OCH3 is 2. The van der Waals surface area contributed by atoms with E-state index in [1.807, 2.05) is 123 Å². The van der Waals surface area contributed by atoms with Gasteiger partial charge in [0.2, 0.25) is 23.7 Å². The molecule has 570 valence electrons. The largest absolute Gasteiger partial charge is 2.00 e. The number of benzene rings is 6. The second-order valence-corrected chi connectivity index (χ2v) is 29.9. The van der Waals surface area contributed by atoms with Crippen LogP contribution in [0.15, 0.2) is 158 Å². The van der Waals surface area contributed by atoms with Gasteiger partial charge in [0, 0.05) is 22.0 Å². The van der Waals surface area contributed by atoms with Crippen LogP contribution >= 0.6 is 25.9 Å². The topological polar surface area (TPSA) is 375 Å². The monoisotopic (exact) mass is 1570 g/mol. The van der Waals surface area contributed by atoms with Gasteiger partial charge in [-0.2, -0.15) is 31.4 Å². The summed E-state index contributed by atoms with van der Waals surface area (Å²) in [6, 6.07) is 41.8. The van der Waals surface area contributed by atoms with Crippen molar-refractivity contribution in [3.8, 4) is 23.3 Å². The summed E-state index contributed by atoms with van der Waals surface area (Å²) in [4.78, 5) is 50.4. The van der Waals surface area contributed by atoms with Crippen molar-refractivity contribution in [3.05, 3.63) is 176 Å². The number of ether oxygens (including phenoxy) is 6. The Morgan fingerprint density at radius 3 is 1.44 bits per heavy atom. The molecule has 0 aliphatic carbocycles. The van der Waals surface area contributed by atoms with Gasteiger partial charge in [-0.3, -0.25) is 23.2 Å². The number of nitrogens with two attached hydrogens (primary N) is 2. The van der Waals surface area contributed by atoms with Gasteiger partial charge in [-0.1, -0.05) is 174 Å². The summed E-state index contributed by atoms with van der Waals surface area (Å²) in [7, 11) is -1.73. The van der Waals surface area contributed by atoms with Crippen LogP contribution in [-0.4, -0.2) is 165 Å². The fourth-order valence-corrected chi connectivity index (χ4v) is 14.6. The van der Waals surface area contributed by atoms with Crippen molar-refractivity contribution in [2.45, 2.75) is 135 Å². The van der Waals surface area contributed by atoms with E-state index in [0.717, 1.165) is 33.7 Å². The van der Waals surface area contributed by atoms with Crippen LogP contribution in [-0.2, 0) is 55.4 Å². The van der Waals surface area contributed by atoms with Gasteiger partial charge in [0.25, 0.3) is 0 Å². The van der Waals surface area contributed by atoms with E-state index in [1.165, 1.54) is 56.3 Å². The summed E-state index contributed by atoms with van der Waals surface area (Å²) >= 11 is 6.19. The van der Waals surface area contributed by atoms with E-state index >= 15 is 4.39 Å². The number of carbonyl (C=O) groups is 2. The first kappa shape index (κ1) is 86.3. The molecular formula is C72H86Cl2F2MgN12O16P2. The van der Waals surface area contributed by atoms with Crippen LogP contribution in [0.2, 0.25) is 0 Å². The average molecular weight is 1570 g/mol. The molecule has 2 saturated heterocycles. The fraction of sp³-hybridized carbons (Fsp3) is 0.375. The molecule has 0 spiro atoms. The minimum absolute atomic E-state index is 0. The number of imidazole rings is 2. The number of halogens is 4. The molecule has 0 saturated carbocycles. The molecule has 10 aromatic rings. The number of alkyl halides is 2. The predicted molar refractivity (Wildman–Crippen MR) is 397 cm³/mol. The molecule has 2 aliphatic heterocycles. The summed E-state index contributed by atoms with van der Waals surface area (Å²) in [6.07, 6.45) is -4.00. The molecule has 6 heterocycles. The fourth-order valence-electron chi connectivity index (χ4n) is 11.2.